The number of hydrogen-bond acceptors (Lipinski definition) is 6. The second-order valence-corrected chi connectivity index (χ2v) is 10.8. The van der Waals surface area contributed by atoms with Gasteiger partial charge >= 0.3 is 0 Å². The van der Waals surface area contributed by atoms with Gasteiger partial charge in [-0.05, 0) is 44.3 Å². The largest absolute Gasteiger partial charge is 0.504 e. The van der Waals surface area contributed by atoms with Gasteiger partial charge in [-0.25, -0.2) is 0 Å². The molecule has 212 valence electrons. The molecule has 0 saturated carbocycles. The average Bonchev–Trinajstić information content (AvgIpc) is 3.46. The van der Waals surface area contributed by atoms with Crippen molar-refractivity contribution in [2.75, 3.05) is 0 Å². The lowest BCUT2D eigenvalue weighted by molar-refractivity contribution is 0.330. The Labute approximate surface area is 250 Å². The van der Waals surface area contributed by atoms with Gasteiger partial charge in [-0.2, -0.15) is 0 Å². The molecule has 6 heteroatoms. The number of fused-ring (bicyclic) bond motifs is 5. The molecule has 1 aromatic heterocycles. The summed E-state index contributed by atoms with van der Waals surface area (Å²) in [6.45, 7) is 0. The highest BCUT2D eigenvalue weighted by Crippen LogP contribution is 2.58. The molecule has 8 rings (SSSR count). The molecule has 0 atom stereocenters. The van der Waals surface area contributed by atoms with Crippen LogP contribution in [0.15, 0.2) is 120 Å². The molecule has 0 spiro atoms. The minimum Gasteiger partial charge on any atom is -0.504 e. The smallest absolute Gasteiger partial charge is 0.208 e. The van der Waals surface area contributed by atoms with E-state index in [1.54, 1.807) is 0 Å². The lowest BCUT2D eigenvalue weighted by Crippen LogP contribution is -1.92. The van der Waals surface area contributed by atoms with Gasteiger partial charge in [0.05, 0.1) is 5.56 Å². The Morgan fingerprint density at radius 2 is 0.841 bits per heavy atom. The summed E-state index contributed by atoms with van der Waals surface area (Å²) in [6, 6.07) is 37.4. The summed E-state index contributed by atoms with van der Waals surface area (Å²) in [6.07, 6.45) is 0. The first kappa shape index (κ1) is 25.6. The maximum Gasteiger partial charge on any atom is 0.208 e. The fourth-order valence-electron chi connectivity index (χ4n) is 6.51. The first-order chi connectivity index (χ1) is 21.5. The highest BCUT2D eigenvalue weighted by Gasteiger charge is 2.28. The fraction of sp³-hybridized carbons (Fsp3) is 0. The Morgan fingerprint density at radius 3 is 1.45 bits per heavy atom. The van der Waals surface area contributed by atoms with E-state index >= 15 is 0 Å². The maximum absolute atomic E-state index is 11.0. The predicted octanol–water partition coefficient (Wildman–Crippen LogP) is 9.42. The van der Waals surface area contributed by atoms with Crippen LogP contribution in [0, 0.1) is 0 Å². The van der Waals surface area contributed by atoms with Crippen LogP contribution in [0.3, 0.4) is 0 Å². The van der Waals surface area contributed by atoms with Crippen LogP contribution in [0.2, 0.25) is 0 Å². The number of para-hydroxylation sites is 1. The second-order valence-electron chi connectivity index (χ2n) is 10.8. The molecule has 0 saturated heterocycles. The van der Waals surface area contributed by atoms with Gasteiger partial charge in [0.15, 0.2) is 11.5 Å². The number of phenolic OH excluding ortho intramolecular Hbond substituents is 5. The summed E-state index contributed by atoms with van der Waals surface area (Å²) in [5, 5.41) is 57.9. The quantitative estimate of drug-likeness (QED) is 0.0813. The minimum atomic E-state index is -0.998. The van der Waals surface area contributed by atoms with E-state index in [9.17, 15) is 25.5 Å². The third-order valence-corrected chi connectivity index (χ3v) is 8.43. The van der Waals surface area contributed by atoms with Crippen LogP contribution in [0.5, 0.6) is 28.7 Å². The van der Waals surface area contributed by atoms with E-state index in [-0.39, 0.29) is 5.56 Å². The second kappa shape index (κ2) is 9.44. The molecule has 1 heterocycles. The Hall–Kier alpha value is -6.14. The van der Waals surface area contributed by atoms with Crippen molar-refractivity contribution in [3.8, 4) is 62.1 Å². The molecule has 0 unspecified atom stereocenters. The van der Waals surface area contributed by atoms with Crippen molar-refractivity contribution >= 4 is 43.5 Å². The topological polar surface area (TPSA) is 114 Å². The fourth-order valence-corrected chi connectivity index (χ4v) is 6.51. The number of hydrogen-bond donors (Lipinski definition) is 5. The van der Waals surface area contributed by atoms with Crippen LogP contribution < -0.4 is 0 Å². The molecule has 0 radical (unpaired) electrons. The van der Waals surface area contributed by atoms with Crippen molar-refractivity contribution in [2.45, 2.75) is 0 Å². The van der Waals surface area contributed by atoms with Crippen molar-refractivity contribution in [1.29, 1.82) is 0 Å². The zero-order valence-electron chi connectivity index (χ0n) is 23.1. The van der Waals surface area contributed by atoms with E-state index < -0.39 is 28.7 Å². The minimum absolute atomic E-state index is 0.184. The highest BCUT2D eigenvalue weighted by molar-refractivity contribution is 6.26. The Bertz CT molecular complexity index is 2350. The predicted molar refractivity (Wildman–Crippen MR) is 173 cm³/mol. The summed E-state index contributed by atoms with van der Waals surface area (Å²) >= 11 is 0. The van der Waals surface area contributed by atoms with Gasteiger partial charge < -0.3 is 29.9 Å². The zero-order chi connectivity index (χ0) is 30.1. The summed E-state index contributed by atoms with van der Waals surface area (Å²) in [5.74, 6) is -4.32. The van der Waals surface area contributed by atoms with Gasteiger partial charge in [0.25, 0.3) is 0 Å². The van der Waals surface area contributed by atoms with Gasteiger partial charge in [0, 0.05) is 21.9 Å². The Balaban J connectivity index is 1.53. The van der Waals surface area contributed by atoms with E-state index in [4.69, 9.17) is 4.42 Å². The number of aromatic hydroxyl groups is 5. The van der Waals surface area contributed by atoms with Crippen LogP contribution in [0.25, 0.3) is 76.9 Å². The molecule has 0 fully saturated rings. The molecule has 6 nitrogen and oxygen atoms in total. The van der Waals surface area contributed by atoms with E-state index in [0.29, 0.717) is 16.3 Å². The van der Waals surface area contributed by atoms with Gasteiger partial charge in [0.1, 0.15) is 11.2 Å². The molecule has 0 bridgehead atoms. The zero-order valence-corrected chi connectivity index (χ0v) is 23.1. The summed E-state index contributed by atoms with van der Waals surface area (Å²) < 4.78 is 6.54. The van der Waals surface area contributed by atoms with Gasteiger partial charge in [-0.1, -0.05) is 109 Å². The van der Waals surface area contributed by atoms with Crippen molar-refractivity contribution < 1.29 is 29.9 Å². The standard InChI is InChI=1S/C38H24O6/c39-33-32(34(40)36(42)37(43)35(33)41)31-24-14-6-4-12-22(24)29(23-13-5-7-15-25(23)31)26-17-9-19-28-30(26)27-18-8-16-21(38(27)44-28)20-10-2-1-3-11-20/h1-19,39-43H. The van der Waals surface area contributed by atoms with Crippen molar-refractivity contribution in [1.82, 2.24) is 0 Å². The molecule has 5 N–H and O–H groups in total. The van der Waals surface area contributed by atoms with Gasteiger partial charge in [0.2, 0.25) is 17.2 Å². The molecule has 0 aliphatic rings. The summed E-state index contributed by atoms with van der Waals surface area (Å²) in [5.41, 5.74) is 5.65. The van der Waals surface area contributed by atoms with Crippen molar-refractivity contribution in [2.24, 2.45) is 0 Å². The lowest BCUT2D eigenvalue weighted by Gasteiger charge is -2.20. The molecule has 44 heavy (non-hydrogen) atoms. The molecule has 0 aliphatic carbocycles. The number of rotatable bonds is 3. The van der Waals surface area contributed by atoms with Crippen LogP contribution in [0.4, 0.5) is 0 Å². The van der Waals surface area contributed by atoms with Crippen molar-refractivity contribution in [3.05, 3.63) is 115 Å². The Kier molecular flexibility index (Phi) is 5.48. The van der Waals surface area contributed by atoms with E-state index in [1.165, 1.54) is 0 Å². The van der Waals surface area contributed by atoms with E-state index in [1.807, 2.05) is 84.9 Å². The third-order valence-electron chi connectivity index (χ3n) is 8.43. The van der Waals surface area contributed by atoms with Crippen LogP contribution in [-0.4, -0.2) is 25.5 Å². The maximum atomic E-state index is 11.0. The van der Waals surface area contributed by atoms with E-state index in [0.717, 1.165) is 55.0 Å². The van der Waals surface area contributed by atoms with Crippen molar-refractivity contribution in [3.63, 3.8) is 0 Å². The number of furan rings is 1. The highest BCUT2D eigenvalue weighted by atomic mass is 16.4. The number of benzene rings is 7. The SMILES string of the molecule is Oc1c(O)c(O)c(-c2c3ccccc3c(-c3cccc4oc5c(-c6ccccc6)cccc5c34)c3ccccc23)c(O)c1O. The number of phenols is 5. The molecular formula is C38H24O6. The molecule has 0 aliphatic heterocycles. The normalized spacial score (nSPS) is 11.6. The summed E-state index contributed by atoms with van der Waals surface area (Å²) in [4.78, 5) is 0. The average molecular weight is 577 g/mol. The van der Waals surface area contributed by atoms with Gasteiger partial charge in [-0.3, -0.25) is 0 Å². The first-order valence-corrected chi connectivity index (χ1v) is 14.1. The molecule has 0 amide bonds. The molecular weight excluding hydrogens is 552 g/mol. The van der Waals surface area contributed by atoms with Crippen LogP contribution in [-0.2, 0) is 0 Å². The van der Waals surface area contributed by atoms with Gasteiger partial charge in [-0.15, -0.1) is 0 Å². The van der Waals surface area contributed by atoms with Crippen LogP contribution in [0.1, 0.15) is 0 Å². The lowest BCUT2D eigenvalue weighted by atomic mass is 9.84. The summed E-state index contributed by atoms with van der Waals surface area (Å²) in [7, 11) is 0. The molecule has 8 aromatic rings. The molecule has 7 aromatic carbocycles. The van der Waals surface area contributed by atoms with Crippen LogP contribution >= 0.6 is 0 Å². The third kappa shape index (κ3) is 3.48. The Morgan fingerprint density at radius 1 is 0.364 bits per heavy atom. The monoisotopic (exact) mass is 576 g/mol. The van der Waals surface area contributed by atoms with E-state index in [2.05, 4.69) is 30.3 Å². The first-order valence-electron chi connectivity index (χ1n) is 14.1.